The van der Waals surface area contributed by atoms with Crippen molar-refractivity contribution < 1.29 is 155 Å². The number of Topliss-reactive ketones (excluding diaryl/α,β-unsaturated/α-hetero) is 1. The van der Waals surface area contributed by atoms with Crippen LogP contribution in [0.2, 0.25) is 0 Å². The Bertz CT molecular complexity index is 1840. The van der Waals surface area contributed by atoms with Crippen molar-refractivity contribution >= 4 is 57.1 Å². The normalized spacial score (nSPS) is 28.1. The number of β-lactam (4-membered cyclic amide) rings is 1. The van der Waals surface area contributed by atoms with Gasteiger partial charge in [0.1, 0.15) is 34.6 Å². The van der Waals surface area contributed by atoms with E-state index in [0.29, 0.717) is 16.9 Å². The number of nitrogens with one attached hydrogen (secondary N) is 1. The second-order valence-electron chi connectivity index (χ2n) is 11.7. The fourth-order valence-electron chi connectivity index (χ4n) is 6.32. The van der Waals surface area contributed by atoms with Gasteiger partial charge in [0.25, 0.3) is 5.91 Å². The van der Waals surface area contributed by atoms with E-state index in [0.717, 1.165) is 10.9 Å². The molecule has 1 aliphatic carbocycles. The number of fused-ring (bicyclic) bond motifs is 2. The van der Waals surface area contributed by atoms with Gasteiger partial charge in [-0.15, -0.1) is 16.9 Å². The van der Waals surface area contributed by atoms with Crippen molar-refractivity contribution in [2.45, 2.75) is 54.3 Å². The molecule has 1 saturated carbocycles. The molecule has 17 nitrogen and oxygen atoms in total. The third-order valence-corrected chi connectivity index (χ3v) is 13.2. The molecule has 4 heterocycles. The molecule has 0 spiro atoms. The Balaban J connectivity index is 0.000000255. The summed E-state index contributed by atoms with van der Waals surface area (Å²) in [5, 5.41) is 39.4. The molecule has 2 saturated heterocycles. The summed E-state index contributed by atoms with van der Waals surface area (Å²) in [7, 11) is -3.96. The number of aromatic nitrogens is 3. The Morgan fingerprint density at radius 2 is 1.80 bits per heavy atom. The number of carboxylic acids is 3. The fourth-order valence-corrected chi connectivity index (χ4v) is 10.3. The number of aliphatic carboxylic acids is 2. The van der Waals surface area contributed by atoms with Crippen LogP contribution in [0, 0.1) is 11.8 Å². The molecule has 1 aromatic carbocycles. The first-order valence-corrected chi connectivity index (χ1v) is 16.7. The van der Waals surface area contributed by atoms with Crippen LogP contribution in [0.5, 0.6) is 0 Å². The monoisotopic (exact) mass is 766 g/mol. The second-order valence-corrected chi connectivity index (χ2v) is 15.4. The molecule has 1 aromatic heterocycles. The average Bonchev–Trinajstić information content (AvgIpc) is 3.53. The number of hydrogen-bond acceptors (Lipinski definition) is 14. The molecule has 0 bridgehead atoms. The van der Waals surface area contributed by atoms with Gasteiger partial charge >= 0.3 is 109 Å². The van der Waals surface area contributed by atoms with Crippen molar-refractivity contribution in [1.82, 2.24) is 25.2 Å². The zero-order valence-corrected chi connectivity index (χ0v) is 34.6. The van der Waals surface area contributed by atoms with Crippen LogP contribution in [0.25, 0.3) is 0 Å². The maximum absolute atomic E-state index is 12.6. The third-order valence-electron chi connectivity index (χ3n) is 8.82. The number of carbonyl (C=O) groups is 6. The first kappa shape index (κ1) is 42.1. The Kier molecular flexibility index (Phi) is 13.8. The number of nitrogens with zero attached hydrogens (tertiary/aromatic N) is 4. The molecule has 3 unspecified atom stereocenters. The number of nitrogens with two attached hydrogens (primary N) is 1. The minimum Gasteiger partial charge on any atom is -0.550 e. The number of carbonyl (C=O) groups excluding carboxylic acids is 5. The van der Waals surface area contributed by atoms with E-state index in [1.165, 1.54) is 23.6 Å². The molecule has 49 heavy (non-hydrogen) atoms. The molecule has 4 aliphatic rings. The van der Waals surface area contributed by atoms with Crippen LogP contribution >= 0.6 is 11.8 Å². The standard InChI is InChI=1S/C16H17N3O4S.C12H13N3O7S.2K/c1-8-7-24-15-11(14(21)19(15)12(8)16(22)23)18-13(20)10(17)9-5-3-2-4-6-9;1-12(4-15-3-5(10(17)18)13-14-15)9(11(19)20)8-6(16)2-7(8)23(12,21)22;;/h2-6,10-11,15H,7,17H2,1H3,(H,18,20)(H,22,23);3,7-9H,2,4H2,1H3,(H,17,18)(H,19,20);;/q;;2*+1/p-2/t10?,11-,15-;7?,8?,9-,12-;;/m10../s1. The summed E-state index contributed by atoms with van der Waals surface area (Å²) in [4.78, 5) is 71.0. The van der Waals surface area contributed by atoms with Gasteiger partial charge in [-0.25, -0.2) is 13.2 Å². The molecule has 7 atom stereocenters. The molecular formula is C28H28K2N6O11S2. The predicted octanol–water partition coefficient (Wildman–Crippen LogP) is -9.39. The summed E-state index contributed by atoms with van der Waals surface area (Å²) in [6, 6.07) is 7.23. The quantitative estimate of drug-likeness (QED) is 0.166. The van der Waals surface area contributed by atoms with Gasteiger partial charge < -0.3 is 36.0 Å². The van der Waals surface area contributed by atoms with Crippen molar-refractivity contribution in [3.8, 4) is 0 Å². The topological polar surface area (TPSA) is 275 Å². The van der Waals surface area contributed by atoms with Gasteiger partial charge in [0.2, 0.25) is 5.91 Å². The summed E-state index contributed by atoms with van der Waals surface area (Å²) in [6.45, 7) is 2.44. The Hall–Kier alpha value is -1.35. The molecular weight excluding hydrogens is 739 g/mol. The molecule has 4 N–H and O–H groups in total. The molecule has 2 amide bonds. The zero-order chi connectivity index (χ0) is 34.6. The number of thioether (sulfide) groups is 1. The molecule has 0 radical (unpaired) electrons. The number of ketones is 1. The Morgan fingerprint density at radius 1 is 1.16 bits per heavy atom. The van der Waals surface area contributed by atoms with Gasteiger partial charge in [0, 0.05) is 30.0 Å². The van der Waals surface area contributed by atoms with E-state index >= 15 is 0 Å². The van der Waals surface area contributed by atoms with Crippen LogP contribution in [0.4, 0.5) is 0 Å². The SMILES string of the molecule is CC1=C(C(=O)O)N2C(=O)[C@@H](NC(=O)C(N)c3ccccc3)[C@H]2SC1.C[C@]1(Cn2cc(C(=O)[O-])nn2)[C@H](C(=O)[O-])C2C(=O)CC2S1(=O)=O.[K+].[K+]. The Labute approximate surface area is 368 Å². The van der Waals surface area contributed by atoms with Gasteiger partial charge in [-0.3, -0.25) is 24.0 Å². The number of rotatable bonds is 8. The molecule has 3 fully saturated rings. The van der Waals surface area contributed by atoms with Gasteiger partial charge in [-0.2, -0.15) is 0 Å². The summed E-state index contributed by atoms with van der Waals surface area (Å²) < 4.78 is 24.4. The number of carboxylic acid groups (broad SMARTS) is 3. The number of amides is 2. The van der Waals surface area contributed by atoms with Crippen molar-refractivity contribution in [3.05, 3.63) is 59.1 Å². The van der Waals surface area contributed by atoms with E-state index in [4.69, 9.17) is 5.73 Å². The van der Waals surface area contributed by atoms with Crippen LogP contribution in [-0.4, -0.2) is 96.1 Å². The molecule has 2 aromatic rings. The van der Waals surface area contributed by atoms with E-state index in [-0.39, 0.29) is 115 Å². The first-order chi connectivity index (χ1) is 22.0. The third kappa shape index (κ3) is 7.60. The van der Waals surface area contributed by atoms with Gasteiger partial charge in [0.15, 0.2) is 9.84 Å². The summed E-state index contributed by atoms with van der Waals surface area (Å²) in [6.07, 6.45) is 0.735. The zero-order valence-electron chi connectivity index (χ0n) is 26.8. The van der Waals surface area contributed by atoms with E-state index in [1.807, 2.05) is 6.07 Å². The number of benzene rings is 1. The minimum atomic E-state index is -3.96. The maximum atomic E-state index is 12.6. The van der Waals surface area contributed by atoms with Crippen molar-refractivity contribution in [2.24, 2.45) is 17.6 Å². The van der Waals surface area contributed by atoms with Crippen molar-refractivity contribution in [1.29, 1.82) is 0 Å². The molecule has 250 valence electrons. The molecule has 3 aliphatic heterocycles. The minimum absolute atomic E-state index is 0. The van der Waals surface area contributed by atoms with Crippen LogP contribution in [0.15, 0.2) is 47.8 Å². The van der Waals surface area contributed by atoms with Crippen LogP contribution < -0.4 is 124 Å². The second kappa shape index (κ2) is 16.1. The Morgan fingerprint density at radius 3 is 2.33 bits per heavy atom. The van der Waals surface area contributed by atoms with Gasteiger partial charge in [-0.1, -0.05) is 35.5 Å². The fraction of sp³-hybridized carbons (Fsp3) is 0.429. The largest absolute Gasteiger partial charge is 1.00 e. The van der Waals surface area contributed by atoms with Crippen LogP contribution in [0.1, 0.15) is 42.4 Å². The molecule has 21 heteroatoms. The first-order valence-electron chi connectivity index (χ1n) is 14.1. The summed E-state index contributed by atoms with van der Waals surface area (Å²) >= 11 is 1.43. The predicted molar refractivity (Wildman–Crippen MR) is 156 cm³/mol. The number of sulfone groups is 1. The van der Waals surface area contributed by atoms with Gasteiger partial charge in [0.05, 0.1) is 28.7 Å². The van der Waals surface area contributed by atoms with E-state index < -0.39 is 96.9 Å². The average molecular weight is 767 g/mol. The van der Waals surface area contributed by atoms with Gasteiger partial charge in [-0.05, 0) is 25.0 Å². The summed E-state index contributed by atoms with van der Waals surface area (Å²) in [5.74, 6) is -7.79. The molecule has 6 rings (SSSR count). The summed E-state index contributed by atoms with van der Waals surface area (Å²) in [5.41, 5.74) is 6.73. The van der Waals surface area contributed by atoms with Crippen LogP contribution in [0.3, 0.4) is 0 Å². The van der Waals surface area contributed by atoms with Crippen LogP contribution in [-0.2, 0) is 40.4 Å². The number of aromatic carboxylic acids is 1. The van der Waals surface area contributed by atoms with Crippen molar-refractivity contribution in [2.75, 3.05) is 5.75 Å². The van der Waals surface area contributed by atoms with E-state index in [2.05, 4.69) is 15.6 Å². The van der Waals surface area contributed by atoms with E-state index in [1.54, 1.807) is 31.2 Å². The smallest absolute Gasteiger partial charge is 0.550 e. The van der Waals surface area contributed by atoms with E-state index in [9.17, 15) is 52.5 Å². The van der Waals surface area contributed by atoms with Crippen molar-refractivity contribution in [3.63, 3.8) is 0 Å². The number of hydrogen-bond donors (Lipinski definition) is 3. The maximum Gasteiger partial charge on any atom is 1.00 e.